The molecule has 2 heterocycles. The fourth-order valence-corrected chi connectivity index (χ4v) is 4.07. The van der Waals surface area contributed by atoms with Crippen molar-refractivity contribution in [2.75, 3.05) is 25.0 Å². The quantitative estimate of drug-likeness (QED) is 0.912. The van der Waals surface area contributed by atoms with Gasteiger partial charge in [-0.1, -0.05) is 18.2 Å². The van der Waals surface area contributed by atoms with Gasteiger partial charge < -0.3 is 4.90 Å². The van der Waals surface area contributed by atoms with Crippen molar-refractivity contribution < 1.29 is 4.79 Å². The summed E-state index contributed by atoms with van der Waals surface area (Å²) in [5, 5.41) is 7.63. The van der Waals surface area contributed by atoms with E-state index in [1.54, 1.807) is 0 Å². The summed E-state index contributed by atoms with van der Waals surface area (Å²) >= 11 is 0. The standard InChI is InChI=1S/C20H26N4O/c1-23(14-18-16-8-4-9-17(16)21-22-18)13-11-20(25)24-12-5-7-15-6-2-3-10-19(15)24/h2-3,6,10H,4-5,7-9,11-14H2,1H3,(H,21,22). The Balaban J connectivity index is 1.34. The number of benzene rings is 1. The molecule has 0 atom stereocenters. The Morgan fingerprint density at radius 1 is 1.24 bits per heavy atom. The molecule has 1 aliphatic heterocycles. The summed E-state index contributed by atoms with van der Waals surface area (Å²) in [6.45, 7) is 2.42. The first-order valence-electron chi connectivity index (χ1n) is 9.34. The summed E-state index contributed by atoms with van der Waals surface area (Å²) in [6.07, 6.45) is 6.17. The van der Waals surface area contributed by atoms with Crippen LogP contribution in [0.2, 0.25) is 0 Å². The lowest BCUT2D eigenvalue weighted by atomic mass is 10.0. The van der Waals surface area contributed by atoms with Gasteiger partial charge in [0, 0.05) is 37.4 Å². The van der Waals surface area contributed by atoms with E-state index in [1.165, 1.54) is 23.2 Å². The number of aryl methyl sites for hydroxylation is 2. The molecular weight excluding hydrogens is 312 g/mol. The first-order chi connectivity index (χ1) is 12.2. The number of aromatic nitrogens is 2. The molecule has 0 spiro atoms. The number of carbonyl (C=O) groups excluding carboxylic acids is 1. The summed E-state index contributed by atoms with van der Waals surface area (Å²) in [5.41, 5.74) is 6.27. The second-order valence-corrected chi connectivity index (χ2v) is 7.25. The van der Waals surface area contributed by atoms with Crippen LogP contribution in [0.25, 0.3) is 0 Å². The second kappa shape index (κ2) is 7.00. The van der Waals surface area contributed by atoms with Crippen LogP contribution in [-0.2, 0) is 30.6 Å². The van der Waals surface area contributed by atoms with Crippen LogP contribution in [0.5, 0.6) is 0 Å². The van der Waals surface area contributed by atoms with Gasteiger partial charge in [-0.15, -0.1) is 0 Å². The fourth-order valence-electron chi connectivity index (χ4n) is 4.07. The number of para-hydroxylation sites is 1. The number of nitrogens with zero attached hydrogens (tertiary/aromatic N) is 3. The third kappa shape index (κ3) is 3.33. The molecule has 1 aromatic heterocycles. The Hall–Kier alpha value is -2.14. The molecule has 0 bridgehead atoms. The van der Waals surface area contributed by atoms with Crippen molar-refractivity contribution in [2.24, 2.45) is 0 Å². The molecule has 1 N–H and O–H groups in total. The molecule has 0 radical (unpaired) electrons. The van der Waals surface area contributed by atoms with Crippen molar-refractivity contribution in [3.63, 3.8) is 0 Å². The number of anilines is 1. The predicted molar refractivity (Wildman–Crippen MR) is 98.7 cm³/mol. The van der Waals surface area contributed by atoms with Gasteiger partial charge in [0.05, 0.1) is 5.69 Å². The lowest BCUT2D eigenvalue weighted by Gasteiger charge is -2.30. The number of rotatable bonds is 5. The summed E-state index contributed by atoms with van der Waals surface area (Å²) < 4.78 is 0. The van der Waals surface area contributed by atoms with Crippen LogP contribution in [-0.4, -0.2) is 41.1 Å². The maximum Gasteiger partial charge on any atom is 0.228 e. The lowest BCUT2D eigenvalue weighted by molar-refractivity contribution is -0.119. The fraction of sp³-hybridized carbons (Fsp3) is 0.500. The molecule has 1 aromatic carbocycles. The van der Waals surface area contributed by atoms with E-state index in [4.69, 9.17) is 0 Å². The highest BCUT2D eigenvalue weighted by atomic mass is 16.2. The first-order valence-corrected chi connectivity index (χ1v) is 9.34. The van der Waals surface area contributed by atoms with Gasteiger partial charge in [-0.25, -0.2) is 0 Å². The van der Waals surface area contributed by atoms with Gasteiger partial charge in [0.25, 0.3) is 0 Å². The first kappa shape index (κ1) is 16.3. The summed E-state index contributed by atoms with van der Waals surface area (Å²) in [7, 11) is 2.08. The molecule has 0 unspecified atom stereocenters. The van der Waals surface area contributed by atoms with Crippen LogP contribution in [0.15, 0.2) is 24.3 Å². The Morgan fingerprint density at radius 3 is 3.04 bits per heavy atom. The van der Waals surface area contributed by atoms with E-state index in [1.807, 2.05) is 11.0 Å². The number of H-pyrrole nitrogens is 1. The van der Waals surface area contributed by atoms with Crippen LogP contribution in [0.3, 0.4) is 0 Å². The molecule has 4 rings (SSSR count). The molecule has 1 aliphatic carbocycles. The smallest absolute Gasteiger partial charge is 0.228 e. The van der Waals surface area contributed by atoms with Gasteiger partial charge in [-0.05, 0) is 56.3 Å². The van der Waals surface area contributed by atoms with Gasteiger partial charge in [-0.2, -0.15) is 5.10 Å². The molecule has 132 valence electrons. The van der Waals surface area contributed by atoms with Crippen LogP contribution < -0.4 is 4.90 Å². The number of aromatic amines is 1. The number of amides is 1. The van der Waals surface area contributed by atoms with Gasteiger partial charge in [0.1, 0.15) is 0 Å². The summed E-state index contributed by atoms with van der Waals surface area (Å²) in [4.78, 5) is 16.9. The largest absolute Gasteiger partial charge is 0.312 e. The molecule has 0 fully saturated rings. The minimum atomic E-state index is 0.228. The van der Waals surface area contributed by atoms with Crippen LogP contribution >= 0.6 is 0 Å². The topological polar surface area (TPSA) is 52.2 Å². The molecule has 0 saturated heterocycles. The Morgan fingerprint density at radius 2 is 2.12 bits per heavy atom. The molecule has 25 heavy (non-hydrogen) atoms. The van der Waals surface area contributed by atoms with Crippen LogP contribution in [0.1, 0.15) is 41.8 Å². The molecular formula is C20H26N4O. The summed E-state index contributed by atoms with van der Waals surface area (Å²) in [6, 6.07) is 8.29. The van der Waals surface area contributed by atoms with Crippen molar-refractivity contribution in [1.29, 1.82) is 0 Å². The molecule has 5 heteroatoms. The molecule has 2 aliphatic rings. The van der Waals surface area contributed by atoms with Gasteiger partial charge in [-0.3, -0.25) is 14.8 Å². The predicted octanol–water partition coefficient (Wildman–Crippen LogP) is 2.70. The van der Waals surface area contributed by atoms with Gasteiger partial charge in [0.15, 0.2) is 0 Å². The number of fused-ring (bicyclic) bond motifs is 2. The average molecular weight is 338 g/mol. The van der Waals surface area contributed by atoms with Crippen molar-refractivity contribution in [1.82, 2.24) is 15.1 Å². The van der Waals surface area contributed by atoms with E-state index in [0.717, 1.165) is 56.7 Å². The van der Waals surface area contributed by atoms with Crippen molar-refractivity contribution in [2.45, 2.75) is 45.1 Å². The highest BCUT2D eigenvalue weighted by molar-refractivity contribution is 5.94. The number of carbonyl (C=O) groups is 1. The number of hydrogen-bond donors (Lipinski definition) is 1. The maximum atomic E-state index is 12.7. The Labute approximate surface area is 149 Å². The number of nitrogens with one attached hydrogen (secondary N) is 1. The van der Waals surface area contributed by atoms with E-state index in [2.05, 4.69) is 40.3 Å². The van der Waals surface area contributed by atoms with Crippen LogP contribution in [0.4, 0.5) is 5.69 Å². The molecule has 2 aromatic rings. The SMILES string of the molecule is CN(CCC(=O)N1CCCc2ccccc21)Cc1n[nH]c2c1CCC2. The average Bonchev–Trinajstić information content (AvgIpc) is 3.24. The van der Waals surface area contributed by atoms with E-state index < -0.39 is 0 Å². The zero-order chi connectivity index (χ0) is 17.2. The highest BCUT2D eigenvalue weighted by Gasteiger charge is 2.23. The normalized spacial score (nSPS) is 16.2. The highest BCUT2D eigenvalue weighted by Crippen LogP contribution is 2.27. The third-order valence-electron chi connectivity index (χ3n) is 5.43. The van der Waals surface area contributed by atoms with Crippen molar-refractivity contribution in [3.8, 4) is 0 Å². The van der Waals surface area contributed by atoms with E-state index in [-0.39, 0.29) is 5.91 Å². The lowest BCUT2D eigenvalue weighted by Crippen LogP contribution is -2.37. The summed E-state index contributed by atoms with van der Waals surface area (Å²) in [5.74, 6) is 0.228. The zero-order valence-corrected chi connectivity index (χ0v) is 14.9. The van der Waals surface area contributed by atoms with Crippen molar-refractivity contribution in [3.05, 3.63) is 46.8 Å². The van der Waals surface area contributed by atoms with Crippen LogP contribution in [0, 0.1) is 0 Å². The molecule has 5 nitrogen and oxygen atoms in total. The monoisotopic (exact) mass is 338 g/mol. The second-order valence-electron chi connectivity index (χ2n) is 7.25. The van der Waals surface area contributed by atoms with Crippen molar-refractivity contribution >= 4 is 11.6 Å². The molecule has 1 amide bonds. The maximum absolute atomic E-state index is 12.7. The van der Waals surface area contributed by atoms with E-state index in [9.17, 15) is 4.79 Å². The van der Waals surface area contributed by atoms with E-state index >= 15 is 0 Å². The zero-order valence-electron chi connectivity index (χ0n) is 14.9. The minimum Gasteiger partial charge on any atom is -0.312 e. The number of hydrogen-bond acceptors (Lipinski definition) is 3. The molecule has 0 saturated carbocycles. The van der Waals surface area contributed by atoms with E-state index in [0.29, 0.717) is 6.42 Å². The van der Waals surface area contributed by atoms with Gasteiger partial charge >= 0.3 is 0 Å². The third-order valence-corrected chi connectivity index (χ3v) is 5.43. The minimum absolute atomic E-state index is 0.228. The van der Waals surface area contributed by atoms with Gasteiger partial charge in [0.2, 0.25) is 5.91 Å². The Kier molecular flexibility index (Phi) is 4.57. The Bertz CT molecular complexity index is 767.